The van der Waals surface area contributed by atoms with Crippen LogP contribution in [0.1, 0.15) is 31.9 Å². The van der Waals surface area contributed by atoms with Crippen LogP contribution in [0.5, 0.6) is 0 Å². The SMILES string of the molecule is CCCNC(CSc1cc(C)nn1C)(C(=O)O)C1CC1. The standard InChI is InChI=1S/C14H23N3O2S/c1-4-7-15-14(13(18)19,11-5-6-11)9-20-12-8-10(2)16-17(12)3/h8,11,15H,4-7,9H2,1-3H3,(H,18,19). The molecule has 20 heavy (non-hydrogen) atoms. The fourth-order valence-electron chi connectivity index (χ4n) is 2.46. The van der Waals surface area contributed by atoms with Gasteiger partial charge in [0.2, 0.25) is 0 Å². The maximum absolute atomic E-state index is 11.8. The molecule has 1 saturated carbocycles. The van der Waals surface area contributed by atoms with Gasteiger partial charge in [-0.2, -0.15) is 5.10 Å². The molecule has 0 aliphatic heterocycles. The summed E-state index contributed by atoms with van der Waals surface area (Å²) in [5.41, 5.74) is 0.169. The molecule has 1 aromatic heterocycles. The van der Waals surface area contributed by atoms with E-state index < -0.39 is 11.5 Å². The molecule has 112 valence electrons. The van der Waals surface area contributed by atoms with Gasteiger partial charge in [0.15, 0.2) is 0 Å². The Morgan fingerprint density at radius 2 is 2.35 bits per heavy atom. The monoisotopic (exact) mass is 297 g/mol. The molecule has 1 aliphatic carbocycles. The number of aliphatic carboxylic acids is 1. The molecule has 1 atom stereocenters. The highest BCUT2D eigenvalue weighted by molar-refractivity contribution is 7.99. The Bertz CT molecular complexity index is 485. The van der Waals surface area contributed by atoms with Gasteiger partial charge in [0.05, 0.1) is 10.7 Å². The lowest BCUT2D eigenvalue weighted by Gasteiger charge is -2.30. The van der Waals surface area contributed by atoms with Crippen molar-refractivity contribution in [1.82, 2.24) is 15.1 Å². The molecule has 2 rings (SSSR count). The van der Waals surface area contributed by atoms with Gasteiger partial charge in [-0.05, 0) is 44.7 Å². The van der Waals surface area contributed by atoms with Gasteiger partial charge in [-0.15, -0.1) is 11.8 Å². The highest BCUT2D eigenvalue weighted by Gasteiger charge is 2.50. The molecular formula is C14H23N3O2S. The average molecular weight is 297 g/mol. The number of carbonyl (C=O) groups is 1. The van der Waals surface area contributed by atoms with Gasteiger partial charge >= 0.3 is 5.97 Å². The maximum Gasteiger partial charge on any atom is 0.325 e. The van der Waals surface area contributed by atoms with E-state index in [1.165, 1.54) is 0 Å². The predicted octanol–water partition coefficient (Wildman–Crippen LogP) is 2.05. The predicted molar refractivity (Wildman–Crippen MR) is 80.1 cm³/mol. The molecule has 0 amide bonds. The van der Waals surface area contributed by atoms with E-state index in [-0.39, 0.29) is 5.92 Å². The minimum absolute atomic E-state index is 0.258. The van der Waals surface area contributed by atoms with Crippen LogP contribution in [0.4, 0.5) is 0 Å². The molecule has 6 heteroatoms. The summed E-state index contributed by atoms with van der Waals surface area (Å²) < 4.78 is 1.82. The molecule has 1 heterocycles. The summed E-state index contributed by atoms with van der Waals surface area (Å²) in [6.45, 7) is 4.75. The molecular weight excluding hydrogens is 274 g/mol. The van der Waals surface area contributed by atoms with E-state index >= 15 is 0 Å². The van der Waals surface area contributed by atoms with Gasteiger partial charge in [-0.25, -0.2) is 0 Å². The molecule has 2 N–H and O–H groups in total. The van der Waals surface area contributed by atoms with Crippen LogP contribution in [0.15, 0.2) is 11.1 Å². The van der Waals surface area contributed by atoms with Crippen molar-refractivity contribution in [2.75, 3.05) is 12.3 Å². The number of aryl methyl sites for hydroxylation is 2. The van der Waals surface area contributed by atoms with E-state index in [1.807, 2.05) is 24.7 Å². The van der Waals surface area contributed by atoms with E-state index in [0.29, 0.717) is 5.75 Å². The van der Waals surface area contributed by atoms with Crippen LogP contribution < -0.4 is 5.32 Å². The van der Waals surface area contributed by atoms with Crippen LogP contribution in [-0.4, -0.2) is 38.7 Å². The number of carboxylic acids is 1. The fourth-order valence-corrected chi connectivity index (χ4v) is 3.78. The average Bonchev–Trinajstić information content (AvgIpc) is 3.17. The van der Waals surface area contributed by atoms with Crippen molar-refractivity contribution >= 4 is 17.7 Å². The third-order valence-electron chi connectivity index (χ3n) is 3.75. The molecule has 5 nitrogen and oxygen atoms in total. The maximum atomic E-state index is 11.8. The van der Waals surface area contributed by atoms with E-state index in [4.69, 9.17) is 0 Å². The number of rotatable bonds is 8. The van der Waals surface area contributed by atoms with Crippen molar-refractivity contribution in [2.24, 2.45) is 13.0 Å². The van der Waals surface area contributed by atoms with Gasteiger partial charge in [0, 0.05) is 12.8 Å². The number of thioether (sulfide) groups is 1. The first kappa shape index (κ1) is 15.4. The Kier molecular flexibility index (Phi) is 4.75. The number of nitrogens with zero attached hydrogens (tertiary/aromatic N) is 2. The number of aromatic nitrogens is 2. The van der Waals surface area contributed by atoms with Gasteiger partial charge in [-0.3, -0.25) is 9.48 Å². The molecule has 0 spiro atoms. The first-order chi connectivity index (χ1) is 9.49. The zero-order valence-electron chi connectivity index (χ0n) is 12.3. The molecule has 0 bridgehead atoms. The van der Waals surface area contributed by atoms with Gasteiger partial charge in [0.25, 0.3) is 0 Å². The van der Waals surface area contributed by atoms with E-state index in [0.717, 1.165) is 36.5 Å². The lowest BCUT2D eigenvalue weighted by molar-refractivity contribution is -0.144. The third kappa shape index (κ3) is 3.17. The van der Waals surface area contributed by atoms with E-state index in [2.05, 4.69) is 17.3 Å². The molecule has 0 aromatic carbocycles. The Hall–Kier alpha value is -1.01. The van der Waals surface area contributed by atoms with Gasteiger partial charge in [0.1, 0.15) is 5.54 Å². The fraction of sp³-hybridized carbons (Fsp3) is 0.714. The molecule has 1 fully saturated rings. The van der Waals surface area contributed by atoms with Crippen molar-refractivity contribution in [3.05, 3.63) is 11.8 Å². The summed E-state index contributed by atoms with van der Waals surface area (Å²) in [5, 5.41) is 18.3. The Morgan fingerprint density at radius 3 is 2.80 bits per heavy atom. The normalized spacial score (nSPS) is 17.9. The number of hydrogen-bond acceptors (Lipinski definition) is 4. The third-order valence-corrected chi connectivity index (χ3v) is 5.03. The van der Waals surface area contributed by atoms with E-state index in [9.17, 15) is 9.90 Å². The van der Waals surface area contributed by atoms with Crippen LogP contribution in [0.2, 0.25) is 0 Å². The zero-order valence-corrected chi connectivity index (χ0v) is 13.2. The topological polar surface area (TPSA) is 67.2 Å². The summed E-state index contributed by atoms with van der Waals surface area (Å²) in [6.07, 6.45) is 2.96. The summed E-state index contributed by atoms with van der Waals surface area (Å²) in [7, 11) is 1.90. The molecule has 1 aromatic rings. The van der Waals surface area contributed by atoms with Crippen LogP contribution in [0.3, 0.4) is 0 Å². The first-order valence-electron chi connectivity index (χ1n) is 7.11. The van der Waals surface area contributed by atoms with Crippen molar-refractivity contribution in [2.45, 2.75) is 43.7 Å². The number of hydrogen-bond donors (Lipinski definition) is 2. The highest BCUT2D eigenvalue weighted by atomic mass is 32.2. The van der Waals surface area contributed by atoms with Crippen LogP contribution in [0, 0.1) is 12.8 Å². The molecule has 0 radical (unpaired) electrons. The van der Waals surface area contributed by atoms with Crippen LogP contribution >= 0.6 is 11.8 Å². The molecule has 0 saturated heterocycles. The molecule has 1 unspecified atom stereocenters. The summed E-state index contributed by atoms with van der Waals surface area (Å²) in [6, 6.07) is 2.00. The highest BCUT2D eigenvalue weighted by Crippen LogP contribution is 2.42. The summed E-state index contributed by atoms with van der Waals surface area (Å²) in [5.74, 6) is 0.0830. The summed E-state index contributed by atoms with van der Waals surface area (Å²) >= 11 is 1.58. The second-order valence-electron chi connectivity index (χ2n) is 5.51. The second-order valence-corrected chi connectivity index (χ2v) is 6.51. The smallest absolute Gasteiger partial charge is 0.325 e. The first-order valence-corrected chi connectivity index (χ1v) is 8.10. The van der Waals surface area contributed by atoms with Crippen molar-refractivity contribution in [3.8, 4) is 0 Å². The minimum Gasteiger partial charge on any atom is -0.480 e. The number of carboxylic acid groups (broad SMARTS) is 1. The quantitative estimate of drug-likeness (QED) is 0.719. The van der Waals surface area contributed by atoms with E-state index in [1.54, 1.807) is 11.8 Å². The Labute approximate surface area is 124 Å². The largest absolute Gasteiger partial charge is 0.480 e. The van der Waals surface area contributed by atoms with Crippen molar-refractivity contribution in [1.29, 1.82) is 0 Å². The zero-order chi connectivity index (χ0) is 14.8. The van der Waals surface area contributed by atoms with Crippen LogP contribution in [0.25, 0.3) is 0 Å². The molecule has 1 aliphatic rings. The Morgan fingerprint density at radius 1 is 1.65 bits per heavy atom. The summed E-state index contributed by atoms with van der Waals surface area (Å²) in [4.78, 5) is 11.8. The van der Waals surface area contributed by atoms with Crippen molar-refractivity contribution in [3.63, 3.8) is 0 Å². The van der Waals surface area contributed by atoms with Gasteiger partial charge < -0.3 is 10.4 Å². The lowest BCUT2D eigenvalue weighted by Crippen LogP contribution is -2.56. The number of nitrogens with one attached hydrogen (secondary N) is 1. The lowest BCUT2D eigenvalue weighted by atomic mass is 9.95. The second kappa shape index (κ2) is 6.18. The Balaban J connectivity index is 2.11. The van der Waals surface area contributed by atoms with Crippen LogP contribution in [-0.2, 0) is 11.8 Å². The van der Waals surface area contributed by atoms with Gasteiger partial charge in [-0.1, -0.05) is 6.92 Å². The van der Waals surface area contributed by atoms with Crippen molar-refractivity contribution < 1.29 is 9.90 Å². The minimum atomic E-state index is -0.793.